The van der Waals surface area contributed by atoms with E-state index in [1.165, 1.54) is 5.56 Å². The third-order valence-corrected chi connectivity index (χ3v) is 5.07. The average Bonchev–Trinajstić information content (AvgIpc) is 3.11. The van der Waals surface area contributed by atoms with Crippen LogP contribution in [0.2, 0.25) is 0 Å². The smallest absolute Gasteiger partial charge is 0.313 e. The van der Waals surface area contributed by atoms with Gasteiger partial charge in [0.2, 0.25) is 5.91 Å². The van der Waals surface area contributed by atoms with E-state index in [1.807, 2.05) is 30.3 Å². The van der Waals surface area contributed by atoms with E-state index < -0.39 is 5.97 Å². The standard InChI is InChI=1S/C16H18N4O3S/c1-19-13(17-18-16(19)24-10-15(22)23)9-20-8-12(7-14(20)21)11-5-3-2-4-6-11/h2-6,12H,7-10H2,1H3,(H,22,23). The summed E-state index contributed by atoms with van der Waals surface area (Å²) in [6.07, 6.45) is 0.502. The Labute approximate surface area is 143 Å². The molecule has 0 bridgehead atoms. The van der Waals surface area contributed by atoms with Crippen LogP contribution in [0.3, 0.4) is 0 Å². The molecule has 1 aromatic heterocycles. The van der Waals surface area contributed by atoms with Crippen LogP contribution in [0.15, 0.2) is 35.5 Å². The Morgan fingerprint density at radius 1 is 1.33 bits per heavy atom. The summed E-state index contributed by atoms with van der Waals surface area (Å²) in [5.41, 5.74) is 1.17. The van der Waals surface area contributed by atoms with Crippen LogP contribution in [0.5, 0.6) is 0 Å². The van der Waals surface area contributed by atoms with E-state index in [4.69, 9.17) is 5.11 Å². The highest BCUT2D eigenvalue weighted by molar-refractivity contribution is 7.99. The number of amides is 1. The normalized spacial score (nSPS) is 17.5. The first kappa shape index (κ1) is 16.5. The fourth-order valence-electron chi connectivity index (χ4n) is 2.78. The molecular weight excluding hydrogens is 328 g/mol. The first-order chi connectivity index (χ1) is 11.5. The number of carbonyl (C=O) groups excluding carboxylic acids is 1. The topological polar surface area (TPSA) is 88.3 Å². The second kappa shape index (κ2) is 7.04. The van der Waals surface area contributed by atoms with Crippen LogP contribution in [-0.2, 0) is 23.2 Å². The third kappa shape index (κ3) is 3.59. The molecule has 1 atom stereocenters. The largest absolute Gasteiger partial charge is 0.481 e. The number of rotatable bonds is 6. The number of likely N-dealkylation sites (tertiary alicyclic amines) is 1. The molecule has 2 heterocycles. The highest BCUT2D eigenvalue weighted by Gasteiger charge is 2.31. The van der Waals surface area contributed by atoms with Crippen LogP contribution >= 0.6 is 11.8 Å². The molecule has 0 spiro atoms. The van der Waals surface area contributed by atoms with Crippen molar-refractivity contribution in [2.45, 2.75) is 24.0 Å². The molecule has 7 nitrogen and oxygen atoms in total. The maximum Gasteiger partial charge on any atom is 0.313 e. The monoisotopic (exact) mass is 346 g/mol. The molecule has 0 aliphatic carbocycles. The zero-order valence-corrected chi connectivity index (χ0v) is 14.1. The van der Waals surface area contributed by atoms with Gasteiger partial charge in [0.05, 0.1) is 12.3 Å². The number of thioether (sulfide) groups is 1. The number of aromatic nitrogens is 3. The maximum atomic E-state index is 12.3. The molecule has 2 aromatic rings. The number of hydrogen-bond donors (Lipinski definition) is 1. The highest BCUT2D eigenvalue weighted by atomic mass is 32.2. The van der Waals surface area contributed by atoms with Crippen molar-refractivity contribution in [2.75, 3.05) is 12.3 Å². The quantitative estimate of drug-likeness (QED) is 0.798. The molecule has 8 heteroatoms. The van der Waals surface area contributed by atoms with E-state index in [9.17, 15) is 9.59 Å². The second-order valence-corrected chi connectivity index (χ2v) is 6.67. The van der Waals surface area contributed by atoms with Gasteiger partial charge in [0.25, 0.3) is 0 Å². The third-order valence-electron chi connectivity index (χ3n) is 4.07. The van der Waals surface area contributed by atoms with Crippen molar-refractivity contribution in [1.82, 2.24) is 19.7 Å². The molecule has 0 saturated carbocycles. The van der Waals surface area contributed by atoms with Crippen molar-refractivity contribution < 1.29 is 14.7 Å². The van der Waals surface area contributed by atoms with Crippen LogP contribution in [0.1, 0.15) is 23.7 Å². The Bertz CT molecular complexity index is 747. The SMILES string of the molecule is Cn1c(CN2CC(c3ccccc3)CC2=O)nnc1SCC(=O)O. The van der Waals surface area contributed by atoms with Gasteiger partial charge in [-0.1, -0.05) is 42.1 Å². The molecule has 1 fully saturated rings. The Kier molecular flexibility index (Phi) is 4.84. The predicted octanol–water partition coefficient (Wildman–Crippen LogP) is 1.51. The second-order valence-electron chi connectivity index (χ2n) is 5.73. The van der Waals surface area contributed by atoms with E-state index in [0.717, 1.165) is 11.8 Å². The summed E-state index contributed by atoms with van der Waals surface area (Å²) < 4.78 is 1.75. The van der Waals surface area contributed by atoms with Crippen molar-refractivity contribution in [2.24, 2.45) is 7.05 Å². The van der Waals surface area contributed by atoms with Gasteiger partial charge in [-0.25, -0.2) is 0 Å². The first-order valence-electron chi connectivity index (χ1n) is 7.60. The van der Waals surface area contributed by atoms with Crippen LogP contribution in [0.25, 0.3) is 0 Å². The van der Waals surface area contributed by atoms with Gasteiger partial charge in [0, 0.05) is 25.9 Å². The van der Waals surface area contributed by atoms with E-state index in [0.29, 0.717) is 30.5 Å². The molecule has 1 aliphatic rings. The van der Waals surface area contributed by atoms with Gasteiger partial charge in [0.1, 0.15) is 0 Å². The van der Waals surface area contributed by atoms with E-state index in [-0.39, 0.29) is 17.6 Å². The highest BCUT2D eigenvalue weighted by Crippen LogP contribution is 2.29. The minimum atomic E-state index is -0.898. The Morgan fingerprint density at radius 2 is 2.08 bits per heavy atom. The van der Waals surface area contributed by atoms with E-state index in [1.54, 1.807) is 16.5 Å². The van der Waals surface area contributed by atoms with Gasteiger partial charge in [-0.05, 0) is 5.56 Å². The van der Waals surface area contributed by atoms with Crippen molar-refractivity contribution >= 4 is 23.6 Å². The van der Waals surface area contributed by atoms with Gasteiger partial charge in [-0.2, -0.15) is 0 Å². The molecule has 1 saturated heterocycles. The maximum absolute atomic E-state index is 12.3. The molecule has 1 aromatic carbocycles. The predicted molar refractivity (Wildman–Crippen MR) is 88.6 cm³/mol. The van der Waals surface area contributed by atoms with Crippen molar-refractivity contribution in [3.8, 4) is 0 Å². The molecule has 3 rings (SSSR count). The van der Waals surface area contributed by atoms with Crippen molar-refractivity contribution in [3.05, 3.63) is 41.7 Å². The lowest BCUT2D eigenvalue weighted by Gasteiger charge is -2.16. The lowest BCUT2D eigenvalue weighted by Crippen LogP contribution is -2.26. The molecular formula is C16H18N4O3S. The molecule has 1 aliphatic heterocycles. The van der Waals surface area contributed by atoms with Gasteiger partial charge in [-0.15, -0.1) is 10.2 Å². The lowest BCUT2D eigenvalue weighted by molar-refractivity contribution is -0.134. The Balaban J connectivity index is 1.66. The summed E-state index contributed by atoms with van der Waals surface area (Å²) >= 11 is 1.12. The molecule has 0 radical (unpaired) electrons. The van der Waals surface area contributed by atoms with Gasteiger partial charge < -0.3 is 14.6 Å². The van der Waals surface area contributed by atoms with Gasteiger partial charge in [0.15, 0.2) is 11.0 Å². The van der Waals surface area contributed by atoms with Crippen LogP contribution in [0, 0.1) is 0 Å². The number of carbonyl (C=O) groups is 2. The minimum absolute atomic E-state index is 0.0648. The average molecular weight is 346 g/mol. The zero-order chi connectivity index (χ0) is 17.1. The number of hydrogen-bond acceptors (Lipinski definition) is 5. The number of nitrogens with zero attached hydrogens (tertiary/aromatic N) is 4. The number of aliphatic carboxylic acids is 1. The molecule has 24 heavy (non-hydrogen) atoms. The molecule has 126 valence electrons. The van der Waals surface area contributed by atoms with Crippen LogP contribution < -0.4 is 0 Å². The summed E-state index contributed by atoms with van der Waals surface area (Å²) in [5.74, 6) is -0.000616. The van der Waals surface area contributed by atoms with E-state index in [2.05, 4.69) is 10.2 Å². The van der Waals surface area contributed by atoms with Crippen LogP contribution in [0.4, 0.5) is 0 Å². The van der Waals surface area contributed by atoms with E-state index >= 15 is 0 Å². The zero-order valence-electron chi connectivity index (χ0n) is 13.3. The summed E-state index contributed by atoms with van der Waals surface area (Å²) in [7, 11) is 1.79. The summed E-state index contributed by atoms with van der Waals surface area (Å²) in [5, 5.41) is 17.4. The summed E-state index contributed by atoms with van der Waals surface area (Å²) in [4.78, 5) is 24.7. The number of benzene rings is 1. The van der Waals surface area contributed by atoms with Gasteiger partial charge in [-0.3, -0.25) is 9.59 Å². The van der Waals surface area contributed by atoms with Crippen molar-refractivity contribution in [1.29, 1.82) is 0 Å². The fraction of sp³-hybridized carbons (Fsp3) is 0.375. The molecule has 1 unspecified atom stereocenters. The summed E-state index contributed by atoms with van der Waals surface area (Å²) in [6.45, 7) is 1.05. The summed E-state index contributed by atoms with van der Waals surface area (Å²) in [6, 6.07) is 10.0. The Morgan fingerprint density at radius 3 is 2.79 bits per heavy atom. The number of carboxylic acid groups (broad SMARTS) is 1. The lowest BCUT2D eigenvalue weighted by atomic mass is 9.99. The number of carboxylic acids is 1. The van der Waals surface area contributed by atoms with Crippen LogP contribution in [-0.4, -0.2) is 48.9 Å². The Hall–Kier alpha value is -2.35. The minimum Gasteiger partial charge on any atom is -0.481 e. The van der Waals surface area contributed by atoms with Gasteiger partial charge >= 0.3 is 5.97 Å². The fourth-order valence-corrected chi connectivity index (χ4v) is 3.43. The molecule has 1 amide bonds. The first-order valence-corrected chi connectivity index (χ1v) is 8.58. The van der Waals surface area contributed by atoms with Crippen molar-refractivity contribution in [3.63, 3.8) is 0 Å². The molecule has 1 N–H and O–H groups in total.